The summed E-state index contributed by atoms with van der Waals surface area (Å²) >= 11 is 0. The van der Waals surface area contributed by atoms with E-state index in [0.717, 1.165) is 57.8 Å². The second kappa shape index (κ2) is 14.2. The van der Waals surface area contributed by atoms with Gasteiger partial charge in [-0.1, -0.05) is 51.4 Å². The summed E-state index contributed by atoms with van der Waals surface area (Å²) in [5.74, 6) is 0.114. The first kappa shape index (κ1) is 23.1. The van der Waals surface area contributed by atoms with E-state index in [4.69, 9.17) is 14.9 Å². The second-order valence-corrected chi connectivity index (χ2v) is 7.70. The molecular formula is C21H38O5. The van der Waals surface area contributed by atoms with Gasteiger partial charge in [0.15, 0.2) is 0 Å². The van der Waals surface area contributed by atoms with Crippen LogP contribution in [0.5, 0.6) is 0 Å². The highest BCUT2D eigenvalue weighted by molar-refractivity contribution is 5.84. The normalized spacial score (nSPS) is 22.8. The zero-order chi connectivity index (χ0) is 19.2. The molecule has 0 radical (unpaired) electrons. The maximum atomic E-state index is 12.4. The molecule has 0 aliphatic heterocycles. The highest BCUT2D eigenvalue weighted by Crippen LogP contribution is 2.38. The van der Waals surface area contributed by atoms with Gasteiger partial charge in [0.1, 0.15) is 5.78 Å². The second-order valence-electron chi connectivity index (χ2n) is 7.70. The Morgan fingerprint density at radius 1 is 0.962 bits per heavy atom. The molecule has 5 heteroatoms. The molecule has 26 heavy (non-hydrogen) atoms. The first-order valence-electron chi connectivity index (χ1n) is 10.5. The number of carboxylic acids is 1. The van der Waals surface area contributed by atoms with Gasteiger partial charge in [-0.25, -0.2) is 0 Å². The van der Waals surface area contributed by atoms with Crippen molar-refractivity contribution in [2.75, 3.05) is 13.7 Å². The summed E-state index contributed by atoms with van der Waals surface area (Å²) in [4.78, 5) is 22.9. The van der Waals surface area contributed by atoms with Crippen LogP contribution in [0, 0.1) is 11.8 Å². The Balaban J connectivity index is 2.27. The molecule has 2 N–H and O–H groups in total. The number of Topliss-reactive ketones (excluding diaryl/α,β-unsaturated/α-hetero) is 1. The lowest BCUT2D eigenvalue weighted by molar-refractivity contribution is -0.137. The lowest BCUT2D eigenvalue weighted by Crippen LogP contribution is -2.22. The summed E-state index contributed by atoms with van der Waals surface area (Å²) in [6.45, 7) is 0.289. The molecule has 0 aromatic rings. The number of ketones is 1. The number of carboxylic acid groups (broad SMARTS) is 1. The Hall–Kier alpha value is -0.940. The lowest BCUT2D eigenvalue weighted by Gasteiger charge is -2.23. The molecule has 0 bridgehead atoms. The minimum atomic E-state index is -0.727. The molecule has 1 rings (SSSR count). The SMILES string of the molecule is CO[C@@H]1CC(=O)[C@H](CCCCCCC(=O)O)[C@H]1CCCCCCCCO. The number of aliphatic hydroxyl groups excluding tert-OH is 1. The number of aliphatic carboxylic acids is 1. The van der Waals surface area contributed by atoms with Gasteiger partial charge in [0.25, 0.3) is 0 Å². The third-order valence-electron chi connectivity index (χ3n) is 5.71. The van der Waals surface area contributed by atoms with Crippen molar-refractivity contribution in [2.24, 2.45) is 11.8 Å². The monoisotopic (exact) mass is 370 g/mol. The van der Waals surface area contributed by atoms with Gasteiger partial charge in [-0.05, 0) is 31.6 Å². The van der Waals surface area contributed by atoms with Gasteiger partial charge >= 0.3 is 5.97 Å². The van der Waals surface area contributed by atoms with Crippen LogP contribution in [0.1, 0.15) is 89.9 Å². The quantitative estimate of drug-likeness (QED) is 0.395. The number of rotatable bonds is 16. The average molecular weight is 371 g/mol. The van der Waals surface area contributed by atoms with Gasteiger partial charge in [-0.2, -0.15) is 0 Å². The van der Waals surface area contributed by atoms with E-state index < -0.39 is 5.97 Å². The molecule has 0 spiro atoms. The molecule has 1 saturated carbocycles. The molecule has 5 nitrogen and oxygen atoms in total. The standard InChI is InChI=1S/C21H38O5/c1-26-20-16-19(23)17(12-8-5-6-10-14-21(24)25)18(20)13-9-4-2-3-7-11-15-22/h17-18,20,22H,2-16H2,1H3,(H,24,25)/t17-,18-,20-/m1/s1. The van der Waals surface area contributed by atoms with E-state index in [1.807, 2.05) is 0 Å². The number of ether oxygens (including phenoxy) is 1. The van der Waals surface area contributed by atoms with Gasteiger partial charge in [0.2, 0.25) is 0 Å². The number of hydrogen-bond acceptors (Lipinski definition) is 4. The lowest BCUT2D eigenvalue weighted by atomic mass is 9.85. The van der Waals surface area contributed by atoms with E-state index in [0.29, 0.717) is 18.1 Å². The molecule has 3 atom stereocenters. The molecule has 0 aromatic heterocycles. The van der Waals surface area contributed by atoms with Crippen LogP contribution in [0.4, 0.5) is 0 Å². The number of hydrogen-bond donors (Lipinski definition) is 2. The fourth-order valence-corrected chi connectivity index (χ4v) is 4.21. The fraction of sp³-hybridized carbons (Fsp3) is 0.905. The topological polar surface area (TPSA) is 83.8 Å². The average Bonchev–Trinajstić information content (AvgIpc) is 2.92. The summed E-state index contributed by atoms with van der Waals surface area (Å²) in [7, 11) is 1.72. The molecule has 0 aromatic carbocycles. The molecule has 152 valence electrons. The van der Waals surface area contributed by atoms with E-state index in [-0.39, 0.29) is 25.0 Å². The number of carbonyl (C=O) groups excluding carboxylic acids is 1. The van der Waals surface area contributed by atoms with Crippen molar-refractivity contribution in [1.82, 2.24) is 0 Å². The van der Waals surface area contributed by atoms with Crippen LogP contribution in [0.15, 0.2) is 0 Å². The summed E-state index contributed by atoms with van der Waals surface area (Å²) in [5, 5.41) is 17.5. The number of methoxy groups -OCH3 is 1. The smallest absolute Gasteiger partial charge is 0.303 e. The van der Waals surface area contributed by atoms with E-state index in [1.54, 1.807) is 7.11 Å². The van der Waals surface area contributed by atoms with Gasteiger partial charge in [0.05, 0.1) is 6.10 Å². The van der Waals surface area contributed by atoms with Gasteiger partial charge in [-0.3, -0.25) is 9.59 Å². The van der Waals surface area contributed by atoms with Crippen LogP contribution in [-0.4, -0.2) is 41.8 Å². The van der Waals surface area contributed by atoms with Crippen molar-refractivity contribution in [3.63, 3.8) is 0 Å². The molecular weight excluding hydrogens is 332 g/mol. The van der Waals surface area contributed by atoms with Crippen molar-refractivity contribution in [3.05, 3.63) is 0 Å². The Morgan fingerprint density at radius 3 is 2.15 bits per heavy atom. The molecule has 0 saturated heterocycles. The summed E-state index contributed by atoms with van der Waals surface area (Å²) in [6.07, 6.45) is 13.3. The van der Waals surface area contributed by atoms with E-state index in [9.17, 15) is 9.59 Å². The molecule has 0 amide bonds. The van der Waals surface area contributed by atoms with Gasteiger partial charge in [-0.15, -0.1) is 0 Å². The molecule has 0 heterocycles. The third-order valence-corrected chi connectivity index (χ3v) is 5.71. The van der Waals surface area contributed by atoms with Crippen molar-refractivity contribution >= 4 is 11.8 Å². The molecule has 1 fully saturated rings. The van der Waals surface area contributed by atoms with Crippen LogP contribution in [-0.2, 0) is 14.3 Å². The zero-order valence-corrected chi connectivity index (χ0v) is 16.5. The van der Waals surface area contributed by atoms with Gasteiger partial charge in [0, 0.05) is 32.5 Å². The predicted molar refractivity (Wildman–Crippen MR) is 102 cm³/mol. The van der Waals surface area contributed by atoms with Crippen LogP contribution >= 0.6 is 0 Å². The third kappa shape index (κ3) is 9.13. The van der Waals surface area contributed by atoms with E-state index in [1.165, 1.54) is 19.3 Å². The van der Waals surface area contributed by atoms with Crippen LogP contribution in [0.2, 0.25) is 0 Å². The Labute approximate surface area is 158 Å². The Bertz CT molecular complexity index is 396. The maximum absolute atomic E-state index is 12.4. The maximum Gasteiger partial charge on any atom is 0.303 e. The van der Waals surface area contributed by atoms with Crippen molar-refractivity contribution in [1.29, 1.82) is 0 Å². The van der Waals surface area contributed by atoms with E-state index in [2.05, 4.69) is 0 Å². The first-order chi connectivity index (χ1) is 12.6. The van der Waals surface area contributed by atoms with Crippen molar-refractivity contribution < 1.29 is 24.5 Å². The summed E-state index contributed by atoms with van der Waals surface area (Å²) < 4.78 is 5.59. The Morgan fingerprint density at radius 2 is 1.54 bits per heavy atom. The summed E-state index contributed by atoms with van der Waals surface area (Å²) in [6, 6.07) is 0. The highest BCUT2D eigenvalue weighted by atomic mass is 16.5. The highest BCUT2D eigenvalue weighted by Gasteiger charge is 2.41. The largest absolute Gasteiger partial charge is 0.481 e. The molecule has 1 aliphatic carbocycles. The van der Waals surface area contributed by atoms with Crippen LogP contribution in [0.3, 0.4) is 0 Å². The minimum absolute atomic E-state index is 0.0777. The first-order valence-corrected chi connectivity index (χ1v) is 10.5. The number of unbranched alkanes of at least 4 members (excludes halogenated alkanes) is 8. The minimum Gasteiger partial charge on any atom is -0.481 e. The van der Waals surface area contributed by atoms with E-state index >= 15 is 0 Å². The van der Waals surface area contributed by atoms with Crippen LogP contribution in [0.25, 0.3) is 0 Å². The van der Waals surface area contributed by atoms with Crippen molar-refractivity contribution in [2.45, 2.75) is 96.0 Å². The number of aliphatic hydroxyl groups is 1. The molecule has 0 unspecified atom stereocenters. The summed E-state index contributed by atoms with van der Waals surface area (Å²) in [5.41, 5.74) is 0. The van der Waals surface area contributed by atoms with Crippen molar-refractivity contribution in [3.8, 4) is 0 Å². The Kier molecular flexibility index (Phi) is 12.6. The predicted octanol–water partition coefficient (Wildman–Crippen LogP) is 4.35. The number of carbonyl (C=O) groups is 2. The molecule has 1 aliphatic rings. The fourth-order valence-electron chi connectivity index (χ4n) is 4.21. The van der Waals surface area contributed by atoms with Crippen LogP contribution < -0.4 is 0 Å². The van der Waals surface area contributed by atoms with Gasteiger partial charge < -0.3 is 14.9 Å². The zero-order valence-electron chi connectivity index (χ0n) is 16.5.